The number of anilines is 1. The number of nitrogens with zero attached hydrogens (tertiary/aromatic N) is 2. The average Bonchev–Trinajstić information content (AvgIpc) is 2.75. The van der Waals surface area contributed by atoms with Crippen LogP contribution in [-0.4, -0.2) is 54.4 Å². The molecule has 0 aliphatic carbocycles. The summed E-state index contributed by atoms with van der Waals surface area (Å²) in [5.41, 5.74) is 6.65. The molecule has 1 aliphatic heterocycles. The number of carbonyl (C=O) groups excluding carboxylic acids is 1. The molecule has 2 N–H and O–H groups in total. The molecule has 106 valence electrons. The molecule has 1 fully saturated rings. The van der Waals surface area contributed by atoms with Gasteiger partial charge in [0.05, 0.1) is 12.3 Å². The summed E-state index contributed by atoms with van der Waals surface area (Å²) in [6.45, 7) is 5.81. The first-order valence-corrected chi connectivity index (χ1v) is 6.53. The van der Waals surface area contributed by atoms with E-state index in [0.717, 1.165) is 19.6 Å². The van der Waals surface area contributed by atoms with E-state index in [2.05, 4.69) is 11.8 Å². The number of nitrogen functional groups attached to an aromatic ring is 1. The van der Waals surface area contributed by atoms with Crippen LogP contribution in [-0.2, 0) is 16.5 Å². The highest BCUT2D eigenvalue weighted by Crippen LogP contribution is 2.11. The van der Waals surface area contributed by atoms with Crippen LogP contribution < -0.4 is 5.73 Å². The smallest absolute Gasteiger partial charge is 0.355 e. The Hall–Kier alpha value is -1.53. The molecule has 19 heavy (non-hydrogen) atoms. The Bertz CT molecular complexity index is 444. The van der Waals surface area contributed by atoms with Crippen molar-refractivity contribution in [3.8, 4) is 0 Å². The van der Waals surface area contributed by atoms with Gasteiger partial charge in [0, 0.05) is 26.3 Å². The lowest BCUT2D eigenvalue weighted by molar-refractivity contribution is -0.0580. The Morgan fingerprint density at radius 1 is 1.63 bits per heavy atom. The zero-order valence-electron chi connectivity index (χ0n) is 11.5. The number of rotatable bonds is 4. The van der Waals surface area contributed by atoms with Gasteiger partial charge in [-0.2, -0.15) is 0 Å². The van der Waals surface area contributed by atoms with Crippen LogP contribution in [0.15, 0.2) is 12.3 Å². The van der Waals surface area contributed by atoms with Crippen molar-refractivity contribution < 1.29 is 14.3 Å². The summed E-state index contributed by atoms with van der Waals surface area (Å²) in [6.07, 6.45) is 1.64. The van der Waals surface area contributed by atoms with E-state index in [1.807, 2.05) is 0 Å². The third-order valence-electron chi connectivity index (χ3n) is 3.31. The minimum Gasteiger partial charge on any atom is -0.458 e. The molecule has 6 heteroatoms. The summed E-state index contributed by atoms with van der Waals surface area (Å²) in [6, 6.07) is 1.61. The summed E-state index contributed by atoms with van der Waals surface area (Å²) in [7, 11) is 1.77. The predicted octanol–water partition coefficient (Wildman–Crippen LogP) is 0.485. The number of nitrogens with two attached hydrogens (primary N) is 1. The number of hydrogen-bond acceptors (Lipinski definition) is 5. The minimum atomic E-state index is -0.364. The van der Waals surface area contributed by atoms with Gasteiger partial charge in [-0.05, 0) is 12.6 Å². The number of aryl methyl sites for hydroxylation is 1. The highest BCUT2D eigenvalue weighted by molar-refractivity contribution is 5.89. The lowest BCUT2D eigenvalue weighted by Gasteiger charge is -2.31. The molecule has 0 radical (unpaired) electrons. The van der Waals surface area contributed by atoms with E-state index in [-0.39, 0.29) is 18.7 Å². The van der Waals surface area contributed by atoms with E-state index in [4.69, 9.17) is 15.2 Å². The Balaban J connectivity index is 1.85. The van der Waals surface area contributed by atoms with Gasteiger partial charge < -0.3 is 19.8 Å². The Morgan fingerprint density at radius 3 is 3.05 bits per heavy atom. The second-order valence-electron chi connectivity index (χ2n) is 4.75. The lowest BCUT2D eigenvalue weighted by Crippen LogP contribution is -2.44. The Morgan fingerprint density at radius 2 is 2.42 bits per heavy atom. The maximum absolute atomic E-state index is 11.9. The first-order chi connectivity index (χ1) is 9.10. The monoisotopic (exact) mass is 267 g/mol. The van der Waals surface area contributed by atoms with Crippen LogP contribution in [0.4, 0.5) is 5.69 Å². The predicted molar refractivity (Wildman–Crippen MR) is 72.0 cm³/mol. The Kier molecular flexibility index (Phi) is 4.44. The quantitative estimate of drug-likeness (QED) is 0.804. The van der Waals surface area contributed by atoms with Gasteiger partial charge in [-0.25, -0.2) is 4.79 Å². The highest BCUT2D eigenvalue weighted by atomic mass is 16.6. The minimum absolute atomic E-state index is 0.0461. The first kappa shape index (κ1) is 13.9. The molecule has 0 amide bonds. The number of likely N-dealkylation sites (N-methyl/N-ethyl adjacent to an activating group) is 1. The highest BCUT2D eigenvalue weighted by Gasteiger charge is 2.21. The molecule has 1 atom stereocenters. The number of carbonyl (C=O) groups is 1. The van der Waals surface area contributed by atoms with Gasteiger partial charge in [-0.3, -0.25) is 4.90 Å². The van der Waals surface area contributed by atoms with Gasteiger partial charge in [-0.15, -0.1) is 0 Å². The van der Waals surface area contributed by atoms with Gasteiger partial charge in [-0.1, -0.05) is 6.92 Å². The van der Waals surface area contributed by atoms with Crippen LogP contribution >= 0.6 is 0 Å². The van der Waals surface area contributed by atoms with Crippen molar-refractivity contribution in [1.29, 1.82) is 0 Å². The van der Waals surface area contributed by atoms with Crippen LogP contribution in [0.5, 0.6) is 0 Å². The van der Waals surface area contributed by atoms with E-state index in [1.54, 1.807) is 23.9 Å². The first-order valence-electron chi connectivity index (χ1n) is 6.53. The molecule has 2 rings (SSSR count). The van der Waals surface area contributed by atoms with Crippen molar-refractivity contribution in [3.63, 3.8) is 0 Å². The fraction of sp³-hybridized carbons (Fsp3) is 0.615. The van der Waals surface area contributed by atoms with Gasteiger partial charge in [0.15, 0.2) is 0 Å². The second-order valence-corrected chi connectivity index (χ2v) is 4.75. The zero-order valence-corrected chi connectivity index (χ0v) is 11.5. The fourth-order valence-corrected chi connectivity index (χ4v) is 2.20. The topological polar surface area (TPSA) is 69.7 Å². The van der Waals surface area contributed by atoms with E-state index in [9.17, 15) is 4.79 Å². The third-order valence-corrected chi connectivity index (χ3v) is 3.31. The van der Waals surface area contributed by atoms with Gasteiger partial charge in [0.2, 0.25) is 0 Å². The number of morpholine rings is 1. The normalized spacial score (nSPS) is 20.4. The van der Waals surface area contributed by atoms with Crippen LogP contribution in [0.1, 0.15) is 17.4 Å². The van der Waals surface area contributed by atoms with Gasteiger partial charge in [0.25, 0.3) is 0 Å². The maximum atomic E-state index is 11.9. The molecule has 1 unspecified atom stereocenters. The fourth-order valence-electron chi connectivity index (χ4n) is 2.20. The standard InChI is InChI=1S/C13H21N3O3/c1-3-16-4-5-18-11(8-16)9-19-13(17)12-6-10(14)7-15(12)2/h6-7,11H,3-5,8-9,14H2,1-2H3. The molecule has 0 saturated carbocycles. The van der Waals surface area contributed by atoms with Crippen LogP contribution in [0, 0.1) is 0 Å². The summed E-state index contributed by atoms with van der Waals surface area (Å²) < 4.78 is 12.5. The number of ether oxygens (including phenoxy) is 2. The third kappa shape index (κ3) is 3.48. The number of esters is 1. The molecule has 1 saturated heterocycles. The molecule has 1 aromatic rings. The number of hydrogen-bond donors (Lipinski definition) is 1. The van der Waals surface area contributed by atoms with Gasteiger partial charge >= 0.3 is 5.97 Å². The second kappa shape index (κ2) is 6.08. The van der Waals surface area contributed by atoms with E-state index in [0.29, 0.717) is 18.0 Å². The maximum Gasteiger partial charge on any atom is 0.355 e. The SMILES string of the molecule is CCN1CCOC(COC(=O)c2cc(N)cn2C)C1. The summed E-state index contributed by atoms with van der Waals surface area (Å²) >= 11 is 0. The van der Waals surface area contributed by atoms with Crippen LogP contribution in [0.3, 0.4) is 0 Å². The average molecular weight is 267 g/mol. The molecular formula is C13H21N3O3. The Labute approximate surface area is 113 Å². The molecule has 1 aromatic heterocycles. The lowest BCUT2D eigenvalue weighted by atomic mass is 10.3. The molecule has 1 aliphatic rings. The van der Waals surface area contributed by atoms with Crippen molar-refractivity contribution in [3.05, 3.63) is 18.0 Å². The summed E-state index contributed by atoms with van der Waals surface area (Å²) in [5.74, 6) is -0.364. The zero-order chi connectivity index (χ0) is 13.8. The number of aromatic nitrogens is 1. The van der Waals surface area contributed by atoms with E-state index < -0.39 is 0 Å². The van der Waals surface area contributed by atoms with Crippen LogP contribution in [0.2, 0.25) is 0 Å². The summed E-state index contributed by atoms with van der Waals surface area (Å²) in [4.78, 5) is 14.2. The molecule has 6 nitrogen and oxygen atoms in total. The van der Waals surface area contributed by atoms with E-state index in [1.165, 1.54) is 0 Å². The molecule has 0 aromatic carbocycles. The van der Waals surface area contributed by atoms with Crippen molar-refractivity contribution in [2.24, 2.45) is 7.05 Å². The largest absolute Gasteiger partial charge is 0.458 e. The van der Waals surface area contributed by atoms with Gasteiger partial charge in [0.1, 0.15) is 18.4 Å². The van der Waals surface area contributed by atoms with Crippen LogP contribution in [0.25, 0.3) is 0 Å². The van der Waals surface area contributed by atoms with Crippen molar-refractivity contribution in [2.75, 3.05) is 38.6 Å². The molecule has 2 heterocycles. The molecule has 0 spiro atoms. The molecule has 0 bridgehead atoms. The van der Waals surface area contributed by atoms with Crippen molar-refractivity contribution >= 4 is 11.7 Å². The van der Waals surface area contributed by atoms with Crippen molar-refractivity contribution in [2.45, 2.75) is 13.0 Å². The molecular weight excluding hydrogens is 246 g/mol. The summed E-state index contributed by atoms with van der Waals surface area (Å²) in [5, 5.41) is 0. The van der Waals surface area contributed by atoms with E-state index >= 15 is 0 Å². The van der Waals surface area contributed by atoms with Crippen molar-refractivity contribution in [1.82, 2.24) is 9.47 Å².